The molecule has 0 saturated carbocycles. The third-order valence-corrected chi connectivity index (χ3v) is 3.42. The molecule has 2 rings (SSSR count). The van der Waals surface area contributed by atoms with Gasteiger partial charge in [-0.2, -0.15) is 0 Å². The molecule has 0 radical (unpaired) electrons. The van der Waals surface area contributed by atoms with Crippen LogP contribution in [0.15, 0.2) is 22.6 Å². The number of furan rings is 1. The third kappa shape index (κ3) is 3.38. The minimum absolute atomic E-state index is 0.110. The van der Waals surface area contributed by atoms with Crippen molar-refractivity contribution in [2.75, 3.05) is 0 Å². The van der Waals surface area contributed by atoms with Crippen LogP contribution in [-0.4, -0.2) is 5.54 Å². The SMILES string of the molecule is CCCc1ccc2oc(CNC(C)(C)C)c(C)c2c1. The average Bonchev–Trinajstić information content (AvgIpc) is 2.64. The molecule has 1 N–H and O–H groups in total. The van der Waals surface area contributed by atoms with E-state index in [0.29, 0.717) is 0 Å². The van der Waals surface area contributed by atoms with Crippen molar-refractivity contribution in [1.29, 1.82) is 0 Å². The molecule has 2 aromatic rings. The van der Waals surface area contributed by atoms with E-state index in [4.69, 9.17) is 4.42 Å². The zero-order valence-electron chi connectivity index (χ0n) is 12.8. The highest BCUT2D eigenvalue weighted by molar-refractivity contribution is 5.82. The topological polar surface area (TPSA) is 25.2 Å². The number of hydrogen-bond donors (Lipinski definition) is 1. The van der Waals surface area contributed by atoms with Gasteiger partial charge in [-0.05, 0) is 57.4 Å². The van der Waals surface area contributed by atoms with E-state index >= 15 is 0 Å². The van der Waals surface area contributed by atoms with Crippen molar-refractivity contribution in [2.24, 2.45) is 0 Å². The number of aryl methyl sites for hydroxylation is 2. The van der Waals surface area contributed by atoms with E-state index in [1.807, 2.05) is 0 Å². The molecular formula is C17H25NO. The first-order valence-corrected chi connectivity index (χ1v) is 7.16. The molecular weight excluding hydrogens is 234 g/mol. The number of rotatable bonds is 4. The van der Waals surface area contributed by atoms with E-state index in [1.165, 1.54) is 22.9 Å². The van der Waals surface area contributed by atoms with Crippen LogP contribution in [0.3, 0.4) is 0 Å². The van der Waals surface area contributed by atoms with Crippen LogP contribution in [0.4, 0.5) is 0 Å². The Balaban J connectivity index is 2.29. The first-order chi connectivity index (χ1) is 8.90. The van der Waals surface area contributed by atoms with Crippen molar-refractivity contribution in [2.45, 2.75) is 59.5 Å². The summed E-state index contributed by atoms with van der Waals surface area (Å²) in [6.07, 6.45) is 2.32. The van der Waals surface area contributed by atoms with Crippen molar-refractivity contribution in [3.8, 4) is 0 Å². The van der Waals surface area contributed by atoms with Gasteiger partial charge in [-0.15, -0.1) is 0 Å². The zero-order chi connectivity index (χ0) is 14.0. The van der Waals surface area contributed by atoms with Gasteiger partial charge in [0, 0.05) is 10.9 Å². The maximum Gasteiger partial charge on any atom is 0.134 e. The normalized spacial score (nSPS) is 12.3. The Morgan fingerprint density at radius 1 is 1.21 bits per heavy atom. The monoisotopic (exact) mass is 259 g/mol. The Labute approximate surface area is 116 Å². The lowest BCUT2D eigenvalue weighted by atomic mass is 10.1. The highest BCUT2D eigenvalue weighted by Gasteiger charge is 2.14. The lowest BCUT2D eigenvalue weighted by Crippen LogP contribution is -2.35. The average molecular weight is 259 g/mol. The Bertz CT molecular complexity index is 560. The molecule has 0 bridgehead atoms. The highest BCUT2D eigenvalue weighted by Crippen LogP contribution is 2.27. The molecule has 2 nitrogen and oxygen atoms in total. The van der Waals surface area contributed by atoms with E-state index in [1.54, 1.807) is 0 Å². The molecule has 0 atom stereocenters. The molecule has 0 spiro atoms. The quantitative estimate of drug-likeness (QED) is 0.869. The van der Waals surface area contributed by atoms with Gasteiger partial charge in [-0.3, -0.25) is 0 Å². The van der Waals surface area contributed by atoms with Crippen LogP contribution >= 0.6 is 0 Å². The molecule has 0 aliphatic rings. The zero-order valence-corrected chi connectivity index (χ0v) is 12.8. The van der Waals surface area contributed by atoms with Crippen molar-refractivity contribution >= 4 is 11.0 Å². The van der Waals surface area contributed by atoms with Crippen molar-refractivity contribution in [3.63, 3.8) is 0 Å². The molecule has 1 heterocycles. The Morgan fingerprint density at radius 2 is 1.95 bits per heavy atom. The number of hydrogen-bond acceptors (Lipinski definition) is 2. The summed E-state index contributed by atoms with van der Waals surface area (Å²) < 4.78 is 5.96. The number of fused-ring (bicyclic) bond motifs is 1. The van der Waals surface area contributed by atoms with Crippen LogP contribution in [0, 0.1) is 6.92 Å². The Kier molecular flexibility index (Phi) is 4.00. The van der Waals surface area contributed by atoms with Gasteiger partial charge in [0.25, 0.3) is 0 Å². The fourth-order valence-electron chi connectivity index (χ4n) is 2.28. The fraction of sp³-hybridized carbons (Fsp3) is 0.529. The summed E-state index contributed by atoms with van der Waals surface area (Å²) >= 11 is 0. The van der Waals surface area contributed by atoms with Crippen LogP contribution in [-0.2, 0) is 13.0 Å². The molecule has 2 heteroatoms. The molecule has 1 aromatic heterocycles. The molecule has 0 amide bonds. The van der Waals surface area contributed by atoms with Gasteiger partial charge in [-0.1, -0.05) is 19.4 Å². The molecule has 0 unspecified atom stereocenters. The van der Waals surface area contributed by atoms with Crippen LogP contribution in [0.5, 0.6) is 0 Å². The number of nitrogens with one attached hydrogen (secondary N) is 1. The van der Waals surface area contributed by atoms with Crippen LogP contribution in [0.1, 0.15) is 51.0 Å². The van der Waals surface area contributed by atoms with E-state index in [-0.39, 0.29) is 5.54 Å². The van der Waals surface area contributed by atoms with Crippen molar-refractivity contribution < 1.29 is 4.42 Å². The first kappa shape index (κ1) is 14.1. The second-order valence-electron chi connectivity index (χ2n) is 6.33. The predicted molar refractivity (Wildman–Crippen MR) is 81.5 cm³/mol. The van der Waals surface area contributed by atoms with E-state index < -0.39 is 0 Å². The minimum atomic E-state index is 0.110. The summed E-state index contributed by atoms with van der Waals surface area (Å²) in [6, 6.07) is 6.56. The Morgan fingerprint density at radius 3 is 2.58 bits per heavy atom. The fourth-order valence-corrected chi connectivity index (χ4v) is 2.28. The molecule has 104 valence electrons. The largest absolute Gasteiger partial charge is 0.459 e. The Hall–Kier alpha value is -1.28. The van der Waals surface area contributed by atoms with Gasteiger partial charge in [-0.25, -0.2) is 0 Å². The van der Waals surface area contributed by atoms with Gasteiger partial charge in [0.1, 0.15) is 11.3 Å². The number of benzene rings is 1. The maximum atomic E-state index is 5.96. The second-order valence-corrected chi connectivity index (χ2v) is 6.33. The van der Waals surface area contributed by atoms with E-state index in [9.17, 15) is 0 Å². The molecule has 0 saturated heterocycles. The molecule has 0 aliphatic carbocycles. The smallest absolute Gasteiger partial charge is 0.134 e. The van der Waals surface area contributed by atoms with Gasteiger partial charge in [0.2, 0.25) is 0 Å². The van der Waals surface area contributed by atoms with Gasteiger partial charge >= 0.3 is 0 Å². The summed E-state index contributed by atoms with van der Waals surface area (Å²) in [7, 11) is 0. The summed E-state index contributed by atoms with van der Waals surface area (Å²) in [5.74, 6) is 1.05. The molecule has 0 aliphatic heterocycles. The summed E-state index contributed by atoms with van der Waals surface area (Å²) in [5.41, 5.74) is 3.78. The summed E-state index contributed by atoms with van der Waals surface area (Å²) in [4.78, 5) is 0. The van der Waals surface area contributed by atoms with Crippen molar-refractivity contribution in [1.82, 2.24) is 5.32 Å². The molecule has 19 heavy (non-hydrogen) atoms. The summed E-state index contributed by atoms with van der Waals surface area (Å²) in [5, 5.41) is 4.75. The molecule has 0 fully saturated rings. The van der Waals surface area contributed by atoms with Crippen LogP contribution < -0.4 is 5.32 Å². The van der Waals surface area contributed by atoms with Crippen LogP contribution in [0.2, 0.25) is 0 Å². The van der Waals surface area contributed by atoms with Crippen molar-refractivity contribution in [3.05, 3.63) is 35.1 Å². The maximum absolute atomic E-state index is 5.96. The van der Waals surface area contributed by atoms with Gasteiger partial charge in [0.15, 0.2) is 0 Å². The second kappa shape index (κ2) is 5.38. The standard InChI is InChI=1S/C17H25NO/c1-6-7-13-8-9-15-14(10-13)12(2)16(19-15)11-18-17(3,4)5/h8-10,18H,6-7,11H2,1-5H3. The van der Waals surface area contributed by atoms with E-state index in [2.05, 4.69) is 58.1 Å². The molecule has 1 aromatic carbocycles. The highest BCUT2D eigenvalue weighted by atomic mass is 16.3. The lowest BCUT2D eigenvalue weighted by Gasteiger charge is -2.19. The van der Waals surface area contributed by atoms with Gasteiger partial charge < -0.3 is 9.73 Å². The van der Waals surface area contributed by atoms with Crippen LogP contribution in [0.25, 0.3) is 11.0 Å². The predicted octanol–water partition coefficient (Wildman–Crippen LogP) is 4.58. The lowest BCUT2D eigenvalue weighted by molar-refractivity contribution is 0.394. The summed E-state index contributed by atoms with van der Waals surface area (Å²) in [6.45, 7) is 11.7. The van der Waals surface area contributed by atoms with E-state index in [0.717, 1.165) is 24.3 Å². The minimum Gasteiger partial charge on any atom is -0.459 e. The van der Waals surface area contributed by atoms with Gasteiger partial charge in [0.05, 0.1) is 6.54 Å². The third-order valence-electron chi connectivity index (χ3n) is 3.42. The first-order valence-electron chi connectivity index (χ1n) is 7.16.